The second-order valence-electron chi connectivity index (χ2n) is 7.29. The van der Waals surface area contributed by atoms with Crippen LogP contribution in [0.2, 0.25) is 5.02 Å². The molecule has 166 valence electrons. The van der Waals surface area contributed by atoms with Crippen LogP contribution in [0.15, 0.2) is 72.4 Å². The number of imide groups is 1. The van der Waals surface area contributed by atoms with Gasteiger partial charge in [0.2, 0.25) is 0 Å². The smallest absolute Gasteiger partial charge is 0.282 e. The molecule has 0 bridgehead atoms. The van der Waals surface area contributed by atoms with Gasteiger partial charge in [0.15, 0.2) is 0 Å². The van der Waals surface area contributed by atoms with Gasteiger partial charge in [-0.05, 0) is 54.4 Å². The fourth-order valence-electron chi connectivity index (χ4n) is 3.51. The van der Waals surface area contributed by atoms with Crippen LogP contribution in [0.4, 0.5) is 17.1 Å². The standard InChI is InChI=1S/C24H18ClN3O5/c1-14-6-9-16(25)12-20(14)26-22-21(15-7-10-17(11-8-15)28(31)32)23(29)27(24(22)30)18-4-3-5-19(13-18)33-2/h3-13,26H,1-2H3. The number of benzene rings is 3. The average Bonchev–Trinajstić information content (AvgIpc) is 3.05. The minimum atomic E-state index is -0.569. The number of nitro groups is 1. The molecular weight excluding hydrogens is 446 g/mol. The lowest BCUT2D eigenvalue weighted by Gasteiger charge is -2.16. The highest BCUT2D eigenvalue weighted by Crippen LogP contribution is 2.36. The second kappa shape index (κ2) is 8.76. The third-order valence-corrected chi connectivity index (χ3v) is 5.46. The number of amides is 2. The van der Waals surface area contributed by atoms with E-state index < -0.39 is 16.7 Å². The third-order valence-electron chi connectivity index (χ3n) is 5.22. The minimum absolute atomic E-state index is 0.0436. The summed E-state index contributed by atoms with van der Waals surface area (Å²) in [6, 6.07) is 17.2. The second-order valence-corrected chi connectivity index (χ2v) is 7.72. The maximum absolute atomic E-state index is 13.5. The number of non-ortho nitro benzene ring substituents is 1. The van der Waals surface area contributed by atoms with Crippen molar-refractivity contribution in [2.45, 2.75) is 6.92 Å². The van der Waals surface area contributed by atoms with E-state index in [0.29, 0.717) is 27.7 Å². The molecule has 0 saturated heterocycles. The Balaban J connectivity index is 1.84. The Morgan fingerprint density at radius 3 is 2.39 bits per heavy atom. The van der Waals surface area contributed by atoms with Crippen molar-refractivity contribution in [2.24, 2.45) is 0 Å². The summed E-state index contributed by atoms with van der Waals surface area (Å²) in [5.74, 6) is -0.651. The normalized spacial score (nSPS) is 13.5. The zero-order valence-electron chi connectivity index (χ0n) is 17.7. The summed E-state index contributed by atoms with van der Waals surface area (Å²) in [5, 5.41) is 14.6. The van der Waals surface area contributed by atoms with E-state index in [2.05, 4.69) is 5.32 Å². The monoisotopic (exact) mass is 463 g/mol. The Morgan fingerprint density at radius 1 is 1.00 bits per heavy atom. The zero-order chi connectivity index (χ0) is 23.7. The zero-order valence-corrected chi connectivity index (χ0v) is 18.4. The number of ether oxygens (including phenoxy) is 1. The molecule has 0 aromatic heterocycles. The Kier molecular flexibility index (Phi) is 5.85. The molecule has 8 nitrogen and oxygen atoms in total. The molecule has 0 unspecified atom stereocenters. The van der Waals surface area contributed by atoms with Gasteiger partial charge in [-0.3, -0.25) is 19.7 Å². The maximum Gasteiger partial charge on any atom is 0.282 e. The first kappa shape index (κ1) is 22.0. The van der Waals surface area contributed by atoms with Crippen LogP contribution >= 0.6 is 11.6 Å². The number of hydrogen-bond acceptors (Lipinski definition) is 6. The summed E-state index contributed by atoms with van der Waals surface area (Å²) in [5.41, 5.74) is 2.09. The van der Waals surface area contributed by atoms with Gasteiger partial charge in [0, 0.05) is 28.9 Å². The lowest BCUT2D eigenvalue weighted by Crippen LogP contribution is -2.32. The van der Waals surface area contributed by atoms with Gasteiger partial charge >= 0.3 is 0 Å². The number of carbonyl (C=O) groups excluding carboxylic acids is 2. The van der Waals surface area contributed by atoms with Gasteiger partial charge in [0.25, 0.3) is 17.5 Å². The number of methoxy groups -OCH3 is 1. The Labute approximate surface area is 194 Å². The number of hydrogen-bond donors (Lipinski definition) is 1. The van der Waals surface area contributed by atoms with Crippen LogP contribution in [0.1, 0.15) is 11.1 Å². The van der Waals surface area contributed by atoms with Crippen molar-refractivity contribution < 1.29 is 19.2 Å². The summed E-state index contributed by atoms with van der Waals surface area (Å²) in [4.78, 5) is 38.5. The average molecular weight is 464 g/mol. The van der Waals surface area contributed by atoms with Crippen molar-refractivity contribution in [1.82, 2.24) is 0 Å². The summed E-state index contributed by atoms with van der Waals surface area (Å²) >= 11 is 6.13. The highest BCUT2D eigenvalue weighted by Gasteiger charge is 2.40. The summed E-state index contributed by atoms with van der Waals surface area (Å²) < 4.78 is 5.23. The van der Waals surface area contributed by atoms with Gasteiger partial charge in [-0.25, -0.2) is 4.90 Å². The molecule has 1 heterocycles. The topological polar surface area (TPSA) is 102 Å². The molecule has 1 aliphatic heterocycles. The first-order valence-corrected chi connectivity index (χ1v) is 10.2. The molecule has 0 saturated carbocycles. The predicted molar refractivity (Wildman–Crippen MR) is 125 cm³/mol. The van der Waals surface area contributed by atoms with Crippen molar-refractivity contribution >= 4 is 46.1 Å². The molecule has 4 rings (SSSR count). The predicted octanol–water partition coefficient (Wildman–Crippen LogP) is 4.96. The van der Waals surface area contributed by atoms with Crippen LogP contribution in [0, 0.1) is 17.0 Å². The molecule has 33 heavy (non-hydrogen) atoms. The van der Waals surface area contributed by atoms with Crippen molar-refractivity contribution in [3.05, 3.63) is 98.7 Å². The third kappa shape index (κ3) is 4.16. The number of carbonyl (C=O) groups is 2. The van der Waals surface area contributed by atoms with Gasteiger partial charge in [-0.2, -0.15) is 0 Å². The van der Waals surface area contributed by atoms with E-state index in [9.17, 15) is 19.7 Å². The largest absolute Gasteiger partial charge is 0.497 e. The molecule has 0 atom stereocenters. The van der Waals surface area contributed by atoms with Crippen molar-refractivity contribution in [1.29, 1.82) is 0 Å². The van der Waals surface area contributed by atoms with Crippen LogP contribution in [0.5, 0.6) is 5.75 Å². The van der Waals surface area contributed by atoms with E-state index in [1.165, 1.54) is 31.4 Å². The van der Waals surface area contributed by atoms with Gasteiger partial charge in [0.05, 0.1) is 23.3 Å². The van der Waals surface area contributed by atoms with Crippen LogP contribution in [-0.4, -0.2) is 23.8 Å². The minimum Gasteiger partial charge on any atom is -0.497 e. The van der Waals surface area contributed by atoms with Crippen molar-refractivity contribution in [3.8, 4) is 5.75 Å². The number of aryl methyl sites for hydroxylation is 1. The number of anilines is 2. The summed E-state index contributed by atoms with van der Waals surface area (Å²) in [6.07, 6.45) is 0. The molecule has 2 amide bonds. The highest BCUT2D eigenvalue weighted by atomic mass is 35.5. The lowest BCUT2D eigenvalue weighted by molar-refractivity contribution is -0.384. The lowest BCUT2D eigenvalue weighted by atomic mass is 10.0. The first-order valence-electron chi connectivity index (χ1n) is 9.85. The molecule has 0 fully saturated rings. The van der Waals surface area contributed by atoms with Crippen LogP contribution in [-0.2, 0) is 9.59 Å². The fraction of sp³-hybridized carbons (Fsp3) is 0.0833. The van der Waals surface area contributed by atoms with Crippen molar-refractivity contribution in [3.63, 3.8) is 0 Å². The van der Waals surface area contributed by atoms with E-state index in [1.807, 2.05) is 6.92 Å². The quantitative estimate of drug-likeness (QED) is 0.315. The maximum atomic E-state index is 13.5. The van der Waals surface area contributed by atoms with E-state index >= 15 is 0 Å². The number of halogens is 1. The Bertz CT molecular complexity index is 1320. The molecule has 3 aromatic rings. The molecule has 0 radical (unpaired) electrons. The Morgan fingerprint density at radius 2 is 1.73 bits per heavy atom. The van der Waals surface area contributed by atoms with E-state index in [4.69, 9.17) is 16.3 Å². The van der Waals surface area contributed by atoms with Crippen molar-refractivity contribution in [2.75, 3.05) is 17.3 Å². The first-order chi connectivity index (χ1) is 15.8. The van der Waals surface area contributed by atoms with E-state index in [1.54, 1.807) is 42.5 Å². The molecule has 9 heteroatoms. The SMILES string of the molecule is COc1cccc(N2C(=O)C(Nc3cc(Cl)ccc3C)=C(c3ccc([N+](=O)[O-])cc3)C2=O)c1. The summed E-state index contributed by atoms with van der Waals surface area (Å²) in [7, 11) is 1.49. The van der Waals surface area contributed by atoms with Crippen LogP contribution in [0.25, 0.3) is 5.57 Å². The van der Waals surface area contributed by atoms with Crippen LogP contribution < -0.4 is 15.0 Å². The number of nitro benzene ring substituents is 1. The van der Waals surface area contributed by atoms with Gasteiger partial charge in [-0.15, -0.1) is 0 Å². The van der Waals surface area contributed by atoms with Gasteiger partial charge in [-0.1, -0.05) is 23.7 Å². The van der Waals surface area contributed by atoms with E-state index in [0.717, 1.165) is 10.5 Å². The van der Waals surface area contributed by atoms with Gasteiger partial charge < -0.3 is 10.1 Å². The number of rotatable bonds is 6. The molecule has 1 N–H and O–H groups in total. The van der Waals surface area contributed by atoms with Crippen LogP contribution in [0.3, 0.4) is 0 Å². The Hall–Kier alpha value is -4.17. The van der Waals surface area contributed by atoms with Gasteiger partial charge in [0.1, 0.15) is 11.4 Å². The number of nitrogens with one attached hydrogen (secondary N) is 1. The molecule has 3 aromatic carbocycles. The molecule has 0 spiro atoms. The van der Waals surface area contributed by atoms with E-state index in [-0.39, 0.29) is 17.0 Å². The fourth-order valence-corrected chi connectivity index (χ4v) is 3.68. The number of nitrogens with zero attached hydrogens (tertiary/aromatic N) is 2. The molecule has 0 aliphatic carbocycles. The highest BCUT2D eigenvalue weighted by molar-refractivity contribution is 6.46. The summed E-state index contributed by atoms with van der Waals surface area (Å²) in [6.45, 7) is 1.84. The molecular formula is C24H18ClN3O5. The molecule has 1 aliphatic rings.